The van der Waals surface area contributed by atoms with Gasteiger partial charge < -0.3 is 4.74 Å². The third-order valence-corrected chi connectivity index (χ3v) is 4.98. The summed E-state index contributed by atoms with van der Waals surface area (Å²) in [7, 11) is -2.57. The van der Waals surface area contributed by atoms with E-state index in [-0.39, 0.29) is 21.8 Å². The molecule has 26 heavy (non-hydrogen) atoms. The number of nitro benzene ring substituents is 1. The first-order chi connectivity index (χ1) is 12.0. The van der Waals surface area contributed by atoms with Crippen LogP contribution in [0.4, 0.5) is 18.9 Å². The summed E-state index contributed by atoms with van der Waals surface area (Å²) in [5.41, 5.74) is -0.993. The average Bonchev–Trinajstić information content (AvgIpc) is 2.54. The Morgan fingerprint density at radius 1 is 1.23 bits per heavy atom. The van der Waals surface area contributed by atoms with Crippen LogP contribution in [0.15, 0.2) is 30.3 Å². The summed E-state index contributed by atoms with van der Waals surface area (Å²) in [4.78, 5) is 10.4. The molecule has 0 aliphatic heterocycles. The Hall–Kier alpha value is -1.89. The van der Waals surface area contributed by atoms with Gasteiger partial charge in [0.25, 0.3) is 5.30 Å². The zero-order valence-electron chi connectivity index (χ0n) is 13.0. The maximum atomic E-state index is 12.7. The van der Waals surface area contributed by atoms with Gasteiger partial charge in [0.05, 0.1) is 15.5 Å². The third-order valence-electron chi connectivity index (χ3n) is 3.40. The number of halogens is 5. The molecule has 0 saturated carbocycles. The van der Waals surface area contributed by atoms with E-state index < -0.39 is 29.5 Å². The van der Waals surface area contributed by atoms with Gasteiger partial charge in [-0.15, -0.1) is 0 Å². The first-order valence-corrected chi connectivity index (χ1v) is 9.57. The van der Waals surface area contributed by atoms with E-state index in [1.165, 1.54) is 0 Å². The lowest BCUT2D eigenvalue weighted by atomic mass is 10.1. The fourth-order valence-corrected chi connectivity index (χ4v) is 3.31. The minimum Gasteiger partial charge on any atom is -0.455 e. The summed E-state index contributed by atoms with van der Waals surface area (Å²) in [5.74, 6) is -0.0160. The van der Waals surface area contributed by atoms with Crippen molar-refractivity contribution in [3.63, 3.8) is 0 Å². The fraction of sp³-hybridized carbons (Fsp3) is 0.200. The number of ether oxygens (including phenoxy) is 1. The summed E-state index contributed by atoms with van der Waals surface area (Å²) in [6.07, 6.45) is -4.25. The number of hydrogen-bond donors (Lipinski definition) is 0. The van der Waals surface area contributed by atoms with Crippen LogP contribution in [0.5, 0.6) is 11.5 Å². The van der Waals surface area contributed by atoms with Crippen LogP contribution < -0.4 is 10.0 Å². The molecule has 0 aliphatic carbocycles. The SMILES string of the molecule is CCc1cc([N+](=O)[O-])c([P+](=O)Cl)cc1Oc1ccc(C(F)(F)F)cc1Cl. The fourth-order valence-electron chi connectivity index (χ4n) is 2.14. The molecule has 0 aliphatic rings. The van der Waals surface area contributed by atoms with Crippen molar-refractivity contribution in [2.45, 2.75) is 19.5 Å². The number of rotatable bonds is 5. The summed E-state index contributed by atoms with van der Waals surface area (Å²) >= 11 is 11.4. The monoisotopic (exact) mass is 426 g/mol. The van der Waals surface area contributed by atoms with Crippen molar-refractivity contribution in [2.24, 2.45) is 0 Å². The quantitative estimate of drug-likeness (QED) is 0.322. The molecular weight excluding hydrogens is 417 g/mol. The number of aryl methyl sites for hydroxylation is 1. The van der Waals surface area contributed by atoms with Crippen LogP contribution in [0.1, 0.15) is 18.1 Å². The van der Waals surface area contributed by atoms with Crippen molar-refractivity contribution < 1.29 is 27.4 Å². The predicted molar refractivity (Wildman–Crippen MR) is 92.1 cm³/mol. The number of alkyl halides is 3. The number of hydrogen-bond acceptors (Lipinski definition) is 4. The van der Waals surface area contributed by atoms with E-state index >= 15 is 0 Å². The van der Waals surface area contributed by atoms with Crippen LogP contribution in [0, 0.1) is 10.1 Å². The van der Waals surface area contributed by atoms with Crippen molar-refractivity contribution in [1.82, 2.24) is 0 Å². The Morgan fingerprint density at radius 3 is 2.35 bits per heavy atom. The first kappa shape index (κ1) is 20.4. The maximum Gasteiger partial charge on any atom is 0.501 e. The Kier molecular flexibility index (Phi) is 6.11. The highest BCUT2D eigenvalue weighted by Gasteiger charge is 2.33. The maximum absolute atomic E-state index is 12.7. The zero-order chi connectivity index (χ0) is 19.6. The number of nitro groups is 1. The van der Waals surface area contributed by atoms with Crippen LogP contribution in [0.3, 0.4) is 0 Å². The van der Waals surface area contributed by atoms with Crippen molar-refractivity contribution in [2.75, 3.05) is 0 Å². The number of nitrogens with zero attached hydrogens (tertiary/aromatic N) is 1. The van der Waals surface area contributed by atoms with Gasteiger partial charge in [-0.2, -0.15) is 13.2 Å². The van der Waals surface area contributed by atoms with Gasteiger partial charge in [0.1, 0.15) is 11.5 Å². The standard InChI is InChI=1S/C15H10Cl2F3NO4P/c1-2-8-5-11(21(22)23)14(26(17)24)7-13(8)25-12-4-3-9(6-10(12)16)15(18,19)20/h3-7H,2H2,1H3/q+1. The molecule has 0 amide bonds. The van der Waals surface area contributed by atoms with Crippen molar-refractivity contribution in [3.05, 3.63) is 56.6 Å². The van der Waals surface area contributed by atoms with E-state index in [2.05, 4.69) is 0 Å². The van der Waals surface area contributed by atoms with Gasteiger partial charge >= 0.3 is 19.0 Å². The third kappa shape index (κ3) is 4.44. The zero-order valence-corrected chi connectivity index (χ0v) is 15.4. The van der Waals surface area contributed by atoms with E-state index in [1.54, 1.807) is 6.92 Å². The molecule has 2 rings (SSSR count). The highest BCUT2D eigenvalue weighted by Crippen LogP contribution is 2.39. The topological polar surface area (TPSA) is 69.4 Å². The Balaban J connectivity index is 2.51. The molecule has 2 aromatic carbocycles. The summed E-state index contributed by atoms with van der Waals surface area (Å²) in [6, 6.07) is 4.83. The predicted octanol–water partition coefficient (Wildman–Crippen LogP) is 6.23. The largest absolute Gasteiger partial charge is 0.501 e. The van der Waals surface area contributed by atoms with Gasteiger partial charge in [0.2, 0.25) is 11.2 Å². The molecule has 0 spiro atoms. The van der Waals surface area contributed by atoms with E-state index in [9.17, 15) is 27.9 Å². The minimum absolute atomic E-state index is 0.0683. The van der Waals surface area contributed by atoms with Crippen LogP contribution in [-0.4, -0.2) is 4.92 Å². The molecule has 138 valence electrons. The second kappa shape index (κ2) is 7.78. The van der Waals surface area contributed by atoms with Crippen molar-refractivity contribution in [1.29, 1.82) is 0 Å². The molecule has 0 fully saturated rings. The summed E-state index contributed by atoms with van der Waals surface area (Å²) in [5, 5.41) is 10.6. The Labute approximate surface area is 156 Å². The van der Waals surface area contributed by atoms with Crippen molar-refractivity contribution in [3.8, 4) is 11.5 Å². The molecule has 11 heteroatoms. The molecule has 0 bridgehead atoms. The number of benzene rings is 2. The Bertz CT molecular complexity index is 890. The smallest absolute Gasteiger partial charge is 0.455 e. The van der Waals surface area contributed by atoms with Gasteiger partial charge in [-0.3, -0.25) is 10.1 Å². The molecule has 0 radical (unpaired) electrons. The van der Waals surface area contributed by atoms with E-state index in [0.29, 0.717) is 18.1 Å². The lowest BCUT2D eigenvalue weighted by Gasteiger charge is -2.13. The molecule has 2 aromatic rings. The normalized spacial score (nSPS) is 12.0. The summed E-state index contributed by atoms with van der Waals surface area (Å²) < 4.78 is 55.2. The first-order valence-electron chi connectivity index (χ1n) is 7.03. The van der Waals surface area contributed by atoms with Crippen LogP contribution >= 0.6 is 30.0 Å². The van der Waals surface area contributed by atoms with Crippen LogP contribution in [0.2, 0.25) is 5.02 Å². The van der Waals surface area contributed by atoms with Gasteiger partial charge in [0, 0.05) is 17.7 Å². The van der Waals surface area contributed by atoms with E-state index in [1.807, 2.05) is 0 Å². The van der Waals surface area contributed by atoms with Crippen molar-refractivity contribution >= 4 is 41.0 Å². The molecule has 0 saturated heterocycles. The van der Waals surface area contributed by atoms with Gasteiger partial charge in [-0.05, 0) is 29.2 Å². The molecule has 1 unspecified atom stereocenters. The second-order valence-corrected chi connectivity index (χ2v) is 7.35. The summed E-state index contributed by atoms with van der Waals surface area (Å²) in [6.45, 7) is 1.70. The van der Waals surface area contributed by atoms with E-state index in [0.717, 1.165) is 24.3 Å². The molecular formula is C15H10Cl2F3NO4P+. The minimum atomic E-state index is -4.56. The molecule has 0 aromatic heterocycles. The van der Waals surface area contributed by atoms with Gasteiger partial charge in [-0.1, -0.05) is 18.5 Å². The Morgan fingerprint density at radius 2 is 1.88 bits per heavy atom. The molecule has 0 heterocycles. The van der Waals surface area contributed by atoms with Gasteiger partial charge in [0.15, 0.2) is 0 Å². The molecule has 0 N–H and O–H groups in total. The van der Waals surface area contributed by atoms with Crippen LogP contribution in [-0.2, 0) is 17.2 Å². The highest BCUT2D eigenvalue weighted by atomic mass is 35.7. The highest BCUT2D eigenvalue weighted by molar-refractivity contribution is 7.80. The average molecular weight is 427 g/mol. The lowest BCUT2D eigenvalue weighted by Crippen LogP contribution is -2.07. The van der Waals surface area contributed by atoms with Gasteiger partial charge in [-0.25, -0.2) is 0 Å². The molecule has 5 nitrogen and oxygen atoms in total. The second-order valence-electron chi connectivity index (χ2n) is 5.05. The molecule has 1 atom stereocenters. The van der Waals surface area contributed by atoms with Crippen LogP contribution in [0.25, 0.3) is 0 Å². The lowest BCUT2D eigenvalue weighted by molar-refractivity contribution is -0.383. The van der Waals surface area contributed by atoms with E-state index in [4.69, 9.17) is 27.6 Å².